The number of nitrogens with one attached hydrogen (secondary N) is 1. The van der Waals surface area contributed by atoms with Gasteiger partial charge in [-0.1, -0.05) is 42.1 Å². The van der Waals surface area contributed by atoms with Crippen LogP contribution in [0.3, 0.4) is 0 Å². The summed E-state index contributed by atoms with van der Waals surface area (Å²) in [5.74, 6) is 0.0204. The largest absolute Gasteiger partial charge is 0.356 e. The Labute approximate surface area is 153 Å². The molecule has 0 bridgehead atoms. The lowest BCUT2D eigenvalue weighted by molar-refractivity contribution is -0.131. The maximum atomic E-state index is 12.0. The van der Waals surface area contributed by atoms with Crippen LogP contribution in [-0.4, -0.2) is 35.8 Å². The van der Waals surface area contributed by atoms with Crippen LogP contribution in [0.2, 0.25) is 10.0 Å². The molecule has 1 aliphatic rings. The molecular formula is C18H24Cl2N2O2. The van der Waals surface area contributed by atoms with E-state index in [0.29, 0.717) is 42.0 Å². The summed E-state index contributed by atoms with van der Waals surface area (Å²) in [6.07, 6.45) is 5.43. The van der Waals surface area contributed by atoms with Crippen LogP contribution in [0, 0.1) is 0 Å². The lowest BCUT2D eigenvalue weighted by Crippen LogP contribution is -2.40. The second kappa shape index (κ2) is 9.28. The van der Waals surface area contributed by atoms with Crippen LogP contribution in [0.5, 0.6) is 0 Å². The summed E-state index contributed by atoms with van der Waals surface area (Å²) in [5.41, 5.74) is 0.956. The van der Waals surface area contributed by atoms with Crippen molar-refractivity contribution in [1.29, 1.82) is 0 Å². The first-order valence-electron chi connectivity index (χ1n) is 8.45. The van der Waals surface area contributed by atoms with Crippen LogP contribution in [0.15, 0.2) is 18.2 Å². The van der Waals surface area contributed by atoms with Crippen molar-refractivity contribution >= 4 is 35.0 Å². The molecule has 1 aromatic rings. The Morgan fingerprint density at radius 2 is 1.96 bits per heavy atom. The maximum Gasteiger partial charge on any atom is 0.221 e. The van der Waals surface area contributed by atoms with Gasteiger partial charge in [-0.25, -0.2) is 0 Å². The molecule has 24 heavy (non-hydrogen) atoms. The quantitative estimate of drug-likeness (QED) is 0.792. The maximum absolute atomic E-state index is 12.0. The van der Waals surface area contributed by atoms with Gasteiger partial charge in [0.2, 0.25) is 11.8 Å². The van der Waals surface area contributed by atoms with Crippen molar-refractivity contribution in [2.24, 2.45) is 0 Å². The number of carbonyl (C=O) groups excluding carboxylic acids is 2. The summed E-state index contributed by atoms with van der Waals surface area (Å²) in [4.78, 5) is 25.6. The van der Waals surface area contributed by atoms with E-state index in [2.05, 4.69) is 5.32 Å². The Hall–Kier alpha value is -1.26. The molecular weight excluding hydrogens is 347 g/mol. The number of hydrogen-bond acceptors (Lipinski definition) is 2. The molecule has 0 aliphatic heterocycles. The Bertz CT molecular complexity index is 586. The zero-order valence-electron chi connectivity index (χ0n) is 14.0. The van der Waals surface area contributed by atoms with Gasteiger partial charge in [0.25, 0.3) is 0 Å². The van der Waals surface area contributed by atoms with E-state index in [-0.39, 0.29) is 11.8 Å². The number of amides is 2. The SMILES string of the molecule is CC(=O)N(CCC(=O)NCCc1ccc(Cl)cc1Cl)C1CCCC1. The first kappa shape index (κ1) is 19.1. The highest BCUT2D eigenvalue weighted by Crippen LogP contribution is 2.24. The van der Waals surface area contributed by atoms with Crippen LogP contribution in [0.25, 0.3) is 0 Å². The number of hydrogen-bond donors (Lipinski definition) is 1. The van der Waals surface area contributed by atoms with E-state index in [4.69, 9.17) is 23.2 Å². The molecule has 1 aliphatic carbocycles. The summed E-state index contributed by atoms with van der Waals surface area (Å²) in [7, 11) is 0. The molecule has 132 valence electrons. The number of benzene rings is 1. The molecule has 2 amide bonds. The third-order valence-corrected chi connectivity index (χ3v) is 5.07. The average molecular weight is 371 g/mol. The van der Waals surface area contributed by atoms with Crippen molar-refractivity contribution in [2.75, 3.05) is 13.1 Å². The minimum atomic E-state index is -0.0377. The Morgan fingerprint density at radius 3 is 2.58 bits per heavy atom. The Balaban J connectivity index is 1.73. The molecule has 0 unspecified atom stereocenters. The van der Waals surface area contributed by atoms with Crippen molar-refractivity contribution in [2.45, 2.75) is 51.5 Å². The van der Waals surface area contributed by atoms with Crippen LogP contribution in [0.4, 0.5) is 0 Å². The number of nitrogens with zero attached hydrogens (tertiary/aromatic N) is 1. The van der Waals surface area contributed by atoms with Gasteiger partial charge in [-0.05, 0) is 37.0 Å². The minimum absolute atomic E-state index is 0.0377. The second-order valence-electron chi connectivity index (χ2n) is 6.24. The molecule has 4 nitrogen and oxygen atoms in total. The second-order valence-corrected chi connectivity index (χ2v) is 7.08. The highest BCUT2D eigenvalue weighted by atomic mass is 35.5. The minimum Gasteiger partial charge on any atom is -0.356 e. The van der Waals surface area contributed by atoms with Crippen LogP contribution < -0.4 is 5.32 Å². The van der Waals surface area contributed by atoms with Crippen LogP contribution >= 0.6 is 23.2 Å². The van der Waals surface area contributed by atoms with Gasteiger partial charge in [0.15, 0.2) is 0 Å². The van der Waals surface area contributed by atoms with E-state index in [1.165, 1.54) is 12.8 Å². The summed E-state index contributed by atoms with van der Waals surface area (Å²) < 4.78 is 0. The molecule has 0 heterocycles. The summed E-state index contributed by atoms with van der Waals surface area (Å²) in [6, 6.07) is 5.67. The summed E-state index contributed by atoms with van der Waals surface area (Å²) in [6.45, 7) is 2.59. The number of rotatable bonds is 7. The van der Waals surface area contributed by atoms with Gasteiger partial charge >= 0.3 is 0 Å². The summed E-state index contributed by atoms with van der Waals surface area (Å²) in [5, 5.41) is 4.10. The standard InChI is InChI=1S/C18H24Cl2N2O2/c1-13(23)22(16-4-2-3-5-16)11-9-18(24)21-10-8-14-6-7-15(19)12-17(14)20/h6-7,12,16H,2-5,8-11H2,1H3,(H,21,24). The first-order chi connectivity index (χ1) is 11.5. The molecule has 1 aromatic carbocycles. The van der Waals surface area contributed by atoms with Crippen LogP contribution in [-0.2, 0) is 16.0 Å². The highest BCUT2D eigenvalue weighted by Gasteiger charge is 2.24. The van der Waals surface area contributed by atoms with E-state index < -0.39 is 0 Å². The predicted octanol–water partition coefficient (Wildman–Crippen LogP) is 3.83. The van der Waals surface area contributed by atoms with Crippen molar-refractivity contribution in [3.05, 3.63) is 33.8 Å². The topological polar surface area (TPSA) is 49.4 Å². The zero-order chi connectivity index (χ0) is 17.5. The average Bonchev–Trinajstić information content (AvgIpc) is 3.03. The predicted molar refractivity (Wildman–Crippen MR) is 97.4 cm³/mol. The summed E-state index contributed by atoms with van der Waals surface area (Å²) >= 11 is 12.0. The van der Waals surface area contributed by atoms with E-state index in [1.54, 1.807) is 19.1 Å². The fourth-order valence-electron chi connectivity index (χ4n) is 3.18. The lowest BCUT2D eigenvalue weighted by Gasteiger charge is -2.27. The van der Waals surface area contributed by atoms with Crippen molar-refractivity contribution in [3.8, 4) is 0 Å². The first-order valence-corrected chi connectivity index (χ1v) is 9.21. The van der Waals surface area contributed by atoms with Crippen LogP contribution in [0.1, 0.15) is 44.6 Å². The molecule has 0 spiro atoms. The van der Waals surface area contributed by atoms with Gasteiger partial charge in [-0.2, -0.15) is 0 Å². The number of carbonyl (C=O) groups is 2. The van der Waals surface area contributed by atoms with E-state index >= 15 is 0 Å². The van der Waals surface area contributed by atoms with Gasteiger partial charge in [0.05, 0.1) is 0 Å². The van der Waals surface area contributed by atoms with Gasteiger partial charge in [0, 0.05) is 42.5 Å². The molecule has 1 saturated carbocycles. The smallest absolute Gasteiger partial charge is 0.221 e. The third-order valence-electron chi connectivity index (χ3n) is 4.48. The molecule has 0 saturated heterocycles. The fourth-order valence-corrected chi connectivity index (χ4v) is 3.69. The Kier molecular flexibility index (Phi) is 7.38. The van der Waals surface area contributed by atoms with E-state index in [1.807, 2.05) is 11.0 Å². The Morgan fingerprint density at radius 1 is 1.25 bits per heavy atom. The molecule has 0 aromatic heterocycles. The molecule has 6 heteroatoms. The monoisotopic (exact) mass is 370 g/mol. The fraction of sp³-hybridized carbons (Fsp3) is 0.556. The molecule has 0 radical (unpaired) electrons. The van der Waals surface area contributed by atoms with Gasteiger partial charge < -0.3 is 10.2 Å². The van der Waals surface area contributed by atoms with E-state index in [0.717, 1.165) is 18.4 Å². The van der Waals surface area contributed by atoms with Crippen molar-refractivity contribution in [1.82, 2.24) is 10.2 Å². The van der Waals surface area contributed by atoms with E-state index in [9.17, 15) is 9.59 Å². The molecule has 1 N–H and O–H groups in total. The normalized spacial score (nSPS) is 14.6. The van der Waals surface area contributed by atoms with Gasteiger partial charge in [-0.3, -0.25) is 9.59 Å². The third kappa shape index (κ3) is 5.67. The van der Waals surface area contributed by atoms with Crippen molar-refractivity contribution < 1.29 is 9.59 Å². The van der Waals surface area contributed by atoms with Crippen molar-refractivity contribution in [3.63, 3.8) is 0 Å². The zero-order valence-corrected chi connectivity index (χ0v) is 15.5. The molecule has 2 rings (SSSR count). The highest BCUT2D eigenvalue weighted by molar-refractivity contribution is 6.35. The number of halogens is 2. The molecule has 1 fully saturated rings. The molecule has 0 atom stereocenters. The van der Waals surface area contributed by atoms with Gasteiger partial charge in [0.1, 0.15) is 0 Å². The lowest BCUT2D eigenvalue weighted by atomic mass is 10.1. The van der Waals surface area contributed by atoms with Gasteiger partial charge in [-0.15, -0.1) is 0 Å².